The maximum Gasteiger partial charge on any atom is 0.289 e. The third kappa shape index (κ3) is 5.55. The van der Waals surface area contributed by atoms with Crippen molar-refractivity contribution in [2.24, 2.45) is 0 Å². The van der Waals surface area contributed by atoms with Crippen molar-refractivity contribution in [2.75, 3.05) is 33.4 Å². The monoisotopic (exact) mass is 563 g/mol. The summed E-state index contributed by atoms with van der Waals surface area (Å²) in [5, 5.41) is 13.2. The lowest BCUT2D eigenvalue weighted by atomic mass is 9.90. The van der Waals surface area contributed by atoms with Crippen LogP contribution in [0.4, 0.5) is 5.69 Å². The summed E-state index contributed by atoms with van der Waals surface area (Å²) in [6, 6.07) is 12.8. The average molecular weight is 564 g/mol. The summed E-state index contributed by atoms with van der Waals surface area (Å²) in [7, 11) is -2.85. The van der Waals surface area contributed by atoms with Gasteiger partial charge in [-0.1, -0.05) is 35.9 Å². The summed E-state index contributed by atoms with van der Waals surface area (Å²) in [4.78, 5) is 27.0. The molecule has 2 aromatic carbocycles. The molecular weight excluding hydrogens is 538 g/mol. The minimum atomic E-state index is -4.27. The number of thiophene rings is 1. The number of fused-ring (bicyclic) bond motifs is 1. The summed E-state index contributed by atoms with van der Waals surface area (Å²) in [6.07, 6.45) is 0.676. The number of nitrogens with zero attached hydrogens (tertiary/aromatic N) is 3. The summed E-state index contributed by atoms with van der Waals surface area (Å²) >= 11 is 7.53. The molecule has 9 nitrogen and oxygen atoms in total. The Morgan fingerprint density at radius 2 is 2.00 bits per heavy atom. The molecule has 196 valence electrons. The molecule has 0 radical (unpaired) electrons. The number of amides is 1. The Labute approximate surface area is 224 Å². The first kappa shape index (κ1) is 27.2. The van der Waals surface area contributed by atoms with E-state index in [0.29, 0.717) is 13.0 Å². The zero-order valence-electron chi connectivity index (χ0n) is 20.3. The SMILES string of the molecule is COCCN(CC(=O)N1CCc2sccc2C1c1ccccc1C)S(=O)(=O)c1ccc(Cl)c([N+](=O)[O-])c1. The first-order valence-electron chi connectivity index (χ1n) is 11.5. The van der Waals surface area contributed by atoms with Crippen LogP contribution in [0.1, 0.15) is 27.6 Å². The number of carbonyl (C=O) groups excluding carboxylic acids is 1. The molecule has 2 heterocycles. The summed E-state index contributed by atoms with van der Waals surface area (Å²) < 4.78 is 33.2. The third-order valence-electron chi connectivity index (χ3n) is 6.38. The highest BCUT2D eigenvalue weighted by Gasteiger charge is 2.36. The smallest absolute Gasteiger partial charge is 0.289 e. The second-order valence-corrected chi connectivity index (χ2v) is 11.9. The largest absolute Gasteiger partial charge is 0.383 e. The van der Waals surface area contributed by atoms with Gasteiger partial charge in [-0.05, 0) is 53.6 Å². The molecule has 0 aliphatic carbocycles. The van der Waals surface area contributed by atoms with Gasteiger partial charge in [0.1, 0.15) is 5.02 Å². The highest BCUT2D eigenvalue weighted by molar-refractivity contribution is 7.89. The minimum absolute atomic E-state index is 0.0398. The van der Waals surface area contributed by atoms with Crippen LogP contribution in [-0.2, 0) is 26.0 Å². The number of nitro benzene ring substituents is 1. The van der Waals surface area contributed by atoms with Gasteiger partial charge in [-0.25, -0.2) is 8.42 Å². The van der Waals surface area contributed by atoms with Gasteiger partial charge in [0.25, 0.3) is 5.69 Å². The van der Waals surface area contributed by atoms with Crippen molar-refractivity contribution in [1.82, 2.24) is 9.21 Å². The number of nitro groups is 1. The molecule has 0 N–H and O–H groups in total. The van der Waals surface area contributed by atoms with Gasteiger partial charge >= 0.3 is 0 Å². The number of hydrogen-bond acceptors (Lipinski definition) is 7. The van der Waals surface area contributed by atoms with Gasteiger partial charge in [0, 0.05) is 31.1 Å². The maximum atomic E-state index is 13.8. The summed E-state index contributed by atoms with van der Waals surface area (Å²) in [6.45, 7) is 1.92. The first-order valence-corrected chi connectivity index (χ1v) is 14.2. The van der Waals surface area contributed by atoms with Crippen LogP contribution < -0.4 is 0 Å². The molecule has 1 atom stereocenters. The van der Waals surface area contributed by atoms with Crippen LogP contribution >= 0.6 is 22.9 Å². The zero-order chi connectivity index (χ0) is 26.7. The van der Waals surface area contributed by atoms with E-state index in [1.807, 2.05) is 42.6 Å². The van der Waals surface area contributed by atoms with Crippen LogP contribution in [-0.4, -0.2) is 61.8 Å². The average Bonchev–Trinajstić information content (AvgIpc) is 3.35. The Bertz CT molecular complexity index is 1430. The van der Waals surface area contributed by atoms with Gasteiger partial charge in [-0.15, -0.1) is 11.3 Å². The van der Waals surface area contributed by atoms with Gasteiger partial charge in [0.2, 0.25) is 15.9 Å². The fraction of sp³-hybridized carbons (Fsp3) is 0.320. The Kier molecular flexibility index (Phi) is 8.29. The van der Waals surface area contributed by atoms with E-state index in [-0.39, 0.29) is 35.0 Å². The third-order valence-corrected chi connectivity index (χ3v) is 9.54. The highest BCUT2D eigenvalue weighted by atomic mass is 35.5. The van der Waals surface area contributed by atoms with Gasteiger partial charge in [-0.2, -0.15) is 4.31 Å². The van der Waals surface area contributed by atoms with Crippen LogP contribution in [0.5, 0.6) is 0 Å². The number of aryl methyl sites for hydroxylation is 1. The fourth-order valence-electron chi connectivity index (χ4n) is 4.47. The van der Waals surface area contributed by atoms with Crippen LogP contribution in [0.15, 0.2) is 58.8 Å². The molecule has 0 saturated heterocycles. The number of benzene rings is 2. The molecule has 1 aromatic heterocycles. The number of ether oxygens (including phenoxy) is 1. The van der Waals surface area contributed by atoms with Crippen molar-refractivity contribution < 1.29 is 22.9 Å². The molecule has 0 spiro atoms. The molecular formula is C25H26ClN3O6S2. The molecule has 37 heavy (non-hydrogen) atoms. The second kappa shape index (κ2) is 11.3. The number of sulfonamides is 1. The Hall–Kier alpha value is -2.83. The minimum Gasteiger partial charge on any atom is -0.383 e. The van der Waals surface area contributed by atoms with Crippen LogP contribution in [0, 0.1) is 17.0 Å². The normalized spacial score (nSPS) is 15.6. The van der Waals surface area contributed by atoms with E-state index >= 15 is 0 Å². The molecule has 0 saturated carbocycles. The van der Waals surface area contributed by atoms with E-state index in [2.05, 4.69) is 0 Å². The van der Waals surface area contributed by atoms with E-state index in [9.17, 15) is 23.3 Å². The molecule has 3 aromatic rings. The first-order chi connectivity index (χ1) is 17.6. The van der Waals surface area contributed by atoms with E-state index < -0.39 is 27.2 Å². The number of methoxy groups -OCH3 is 1. The number of rotatable bonds is 9. The van der Waals surface area contributed by atoms with Crippen LogP contribution in [0.3, 0.4) is 0 Å². The van der Waals surface area contributed by atoms with Crippen molar-refractivity contribution in [3.8, 4) is 0 Å². The van der Waals surface area contributed by atoms with Gasteiger partial charge in [0.05, 0.1) is 29.0 Å². The number of carbonyl (C=O) groups is 1. The van der Waals surface area contributed by atoms with E-state index in [0.717, 1.165) is 27.1 Å². The maximum absolute atomic E-state index is 13.8. The molecule has 0 bridgehead atoms. The lowest BCUT2D eigenvalue weighted by molar-refractivity contribution is -0.384. The van der Waals surface area contributed by atoms with Gasteiger partial charge in [0.15, 0.2) is 0 Å². The predicted molar refractivity (Wildman–Crippen MR) is 141 cm³/mol. The van der Waals surface area contributed by atoms with Crippen molar-refractivity contribution in [3.63, 3.8) is 0 Å². The predicted octanol–water partition coefficient (Wildman–Crippen LogP) is 4.43. The summed E-state index contributed by atoms with van der Waals surface area (Å²) in [5.74, 6) is -0.367. The van der Waals surface area contributed by atoms with E-state index in [1.165, 1.54) is 24.1 Å². The quantitative estimate of drug-likeness (QED) is 0.281. The Balaban J connectivity index is 1.69. The molecule has 1 aliphatic rings. The van der Waals surface area contributed by atoms with E-state index in [1.54, 1.807) is 16.2 Å². The molecule has 1 unspecified atom stereocenters. The Morgan fingerprint density at radius 3 is 2.70 bits per heavy atom. The van der Waals surface area contributed by atoms with E-state index in [4.69, 9.17) is 16.3 Å². The fourth-order valence-corrected chi connectivity index (χ4v) is 6.96. The lowest BCUT2D eigenvalue weighted by Gasteiger charge is -2.38. The number of hydrogen-bond donors (Lipinski definition) is 0. The molecule has 4 rings (SSSR count). The van der Waals surface area contributed by atoms with Gasteiger partial charge < -0.3 is 9.64 Å². The standard InChI is InChI=1S/C25H26ClN3O6S2/c1-17-5-3-4-6-19(17)25-20-10-14-36-23(20)9-11-28(25)24(30)16-27(12-13-35-2)37(33,34)18-7-8-21(26)22(15-18)29(31)32/h3-8,10,14-15,25H,9,11-13,16H2,1-2H3. The van der Waals surface area contributed by atoms with Crippen molar-refractivity contribution in [2.45, 2.75) is 24.3 Å². The van der Waals surface area contributed by atoms with Crippen molar-refractivity contribution in [1.29, 1.82) is 0 Å². The topological polar surface area (TPSA) is 110 Å². The number of halogens is 1. The van der Waals surface area contributed by atoms with Crippen molar-refractivity contribution in [3.05, 3.63) is 90.6 Å². The van der Waals surface area contributed by atoms with Gasteiger partial charge in [-0.3, -0.25) is 14.9 Å². The second-order valence-electron chi connectivity index (χ2n) is 8.60. The van der Waals surface area contributed by atoms with Crippen LogP contribution in [0.25, 0.3) is 0 Å². The molecule has 1 aliphatic heterocycles. The molecule has 12 heteroatoms. The highest BCUT2D eigenvalue weighted by Crippen LogP contribution is 2.39. The summed E-state index contributed by atoms with van der Waals surface area (Å²) in [5.41, 5.74) is 2.52. The molecule has 0 fully saturated rings. The van der Waals surface area contributed by atoms with Crippen molar-refractivity contribution >= 4 is 44.6 Å². The zero-order valence-corrected chi connectivity index (χ0v) is 22.7. The Morgan fingerprint density at radius 1 is 1.24 bits per heavy atom. The lowest BCUT2D eigenvalue weighted by Crippen LogP contribution is -2.47. The van der Waals surface area contributed by atoms with Crippen LogP contribution in [0.2, 0.25) is 5.02 Å². The molecule has 1 amide bonds.